The number of anilines is 3. The smallest absolute Gasteiger partial charge is 0.240 e. The predicted octanol–water partition coefficient (Wildman–Crippen LogP) is 4.61. The lowest BCUT2D eigenvalue weighted by Crippen LogP contribution is -2.45. The maximum atomic E-state index is 12.4. The number of benzene rings is 3. The summed E-state index contributed by atoms with van der Waals surface area (Å²) in [7, 11) is 0. The average Bonchev–Trinajstić information content (AvgIpc) is 2.80. The number of carbonyl (C=O) groups is 1. The lowest BCUT2D eigenvalue weighted by molar-refractivity contribution is -0.121. The van der Waals surface area contributed by atoms with Gasteiger partial charge >= 0.3 is 0 Å². The molecule has 0 aromatic heterocycles. The monoisotopic (exact) mass is 463 g/mol. The Labute approximate surface area is 199 Å². The number of hydrogen-bond acceptors (Lipinski definition) is 3. The van der Waals surface area contributed by atoms with E-state index in [-0.39, 0.29) is 12.3 Å². The minimum absolute atomic E-state index is 0.207. The van der Waals surface area contributed by atoms with Gasteiger partial charge in [-0.3, -0.25) is 15.6 Å². The summed E-state index contributed by atoms with van der Waals surface area (Å²) < 4.78 is 0. The zero-order valence-corrected chi connectivity index (χ0v) is 19.3. The Hall–Kier alpha value is -3.49. The van der Waals surface area contributed by atoms with E-state index >= 15 is 0 Å². The van der Waals surface area contributed by atoms with E-state index in [0.717, 1.165) is 22.6 Å². The molecule has 0 fully saturated rings. The zero-order valence-electron chi connectivity index (χ0n) is 17.7. The highest BCUT2D eigenvalue weighted by Crippen LogP contribution is 2.18. The summed E-state index contributed by atoms with van der Waals surface area (Å²) in [5.41, 5.74) is 9.13. The lowest BCUT2D eigenvalue weighted by atomic mass is 10.2. The third-order valence-electron chi connectivity index (χ3n) is 4.53. The summed E-state index contributed by atoms with van der Waals surface area (Å²) in [6, 6.07) is 27.2. The second-order valence-electron chi connectivity index (χ2n) is 7.03. The maximum Gasteiger partial charge on any atom is 0.240 e. The second kappa shape index (κ2) is 11.8. The number of aryl methyl sites for hydroxylation is 1. The summed E-state index contributed by atoms with van der Waals surface area (Å²) >= 11 is 10.9. The van der Waals surface area contributed by atoms with Gasteiger partial charge in [-0.1, -0.05) is 54.1 Å². The Balaban J connectivity index is 1.56. The van der Waals surface area contributed by atoms with Gasteiger partial charge in [-0.2, -0.15) is 0 Å². The Kier molecular flexibility index (Phi) is 8.53. The first-order valence-corrected chi connectivity index (χ1v) is 10.9. The van der Waals surface area contributed by atoms with Gasteiger partial charge in [0.15, 0.2) is 10.2 Å². The molecule has 0 aliphatic carbocycles. The summed E-state index contributed by atoms with van der Waals surface area (Å²) in [6.45, 7) is 2.42. The molecule has 0 aliphatic rings. The molecule has 0 saturated heterocycles. The second-order valence-corrected chi connectivity index (χ2v) is 7.82. The third-order valence-corrected chi connectivity index (χ3v) is 5.05. The molecule has 0 unspecified atom stereocenters. The number of amides is 1. The van der Waals surface area contributed by atoms with Crippen molar-refractivity contribution in [3.05, 3.63) is 90.5 Å². The first-order chi connectivity index (χ1) is 15.5. The predicted molar refractivity (Wildman–Crippen MR) is 140 cm³/mol. The third kappa shape index (κ3) is 7.33. The van der Waals surface area contributed by atoms with Crippen molar-refractivity contribution in [2.24, 2.45) is 0 Å². The highest BCUT2D eigenvalue weighted by Gasteiger charge is 2.14. The highest BCUT2D eigenvalue weighted by atomic mass is 32.1. The van der Waals surface area contributed by atoms with Crippen molar-refractivity contribution < 1.29 is 4.79 Å². The summed E-state index contributed by atoms with van der Waals surface area (Å²) in [4.78, 5) is 14.3. The van der Waals surface area contributed by atoms with E-state index in [9.17, 15) is 4.79 Å². The Bertz CT molecular complexity index is 1040. The number of hydrazine groups is 1. The molecule has 3 rings (SSSR count). The molecule has 4 N–H and O–H groups in total. The molecule has 164 valence electrons. The molecule has 6 nitrogen and oxygen atoms in total. The number of carbonyl (C=O) groups excluding carboxylic acids is 1. The van der Waals surface area contributed by atoms with Crippen molar-refractivity contribution in [2.75, 3.05) is 22.1 Å². The van der Waals surface area contributed by atoms with Crippen LogP contribution in [0, 0.1) is 6.92 Å². The largest absolute Gasteiger partial charge is 0.332 e. The van der Waals surface area contributed by atoms with Crippen LogP contribution in [0.25, 0.3) is 0 Å². The number of para-hydroxylation sites is 2. The van der Waals surface area contributed by atoms with Gasteiger partial charge in [-0.15, -0.1) is 0 Å². The quantitative estimate of drug-likeness (QED) is 0.315. The van der Waals surface area contributed by atoms with Gasteiger partial charge in [-0.05, 0) is 67.8 Å². The van der Waals surface area contributed by atoms with Crippen LogP contribution >= 0.6 is 24.4 Å². The molecule has 8 heteroatoms. The van der Waals surface area contributed by atoms with Crippen LogP contribution in [0.5, 0.6) is 0 Å². The molecule has 0 radical (unpaired) electrons. The van der Waals surface area contributed by atoms with Crippen molar-refractivity contribution in [2.45, 2.75) is 13.3 Å². The fourth-order valence-electron chi connectivity index (χ4n) is 2.87. The van der Waals surface area contributed by atoms with Gasteiger partial charge in [-0.25, -0.2) is 0 Å². The molecule has 0 bridgehead atoms. The Morgan fingerprint density at radius 3 is 1.94 bits per heavy atom. The van der Waals surface area contributed by atoms with Crippen LogP contribution in [0.2, 0.25) is 0 Å². The van der Waals surface area contributed by atoms with Crippen LogP contribution in [0.4, 0.5) is 17.1 Å². The lowest BCUT2D eigenvalue weighted by Gasteiger charge is -2.26. The molecule has 0 spiro atoms. The van der Waals surface area contributed by atoms with Gasteiger partial charge < -0.3 is 15.5 Å². The standard InChI is InChI=1S/C24H25N5OS2/c1-18-12-14-21(15-13-18)29(24(32)26-20-10-6-3-7-11-20)17-16-22(30)27-28-23(31)25-19-8-4-2-5-9-19/h2-15H,16-17H2,1H3,(H,26,32)(H,27,30)(H2,25,28,31). The number of rotatable bonds is 6. The zero-order chi connectivity index (χ0) is 22.8. The minimum Gasteiger partial charge on any atom is -0.332 e. The van der Waals surface area contributed by atoms with Crippen molar-refractivity contribution in [3.8, 4) is 0 Å². The van der Waals surface area contributed by atoms with E-state index in [0.29, 0.717) is 16.8 Å². The topological polar surface area (TPSA) is 68.4 Å². The number of thiocarbonyl (C=S) groups is 2. The van der Waals surface area contributed by atoms with Crippen molar-refractivity contribution in [1.82, 2.24) is 10.9 Å². The molecule has 1 amide bonds. The molecular weight excluding hydrogens is 438 g/mol. The number of hydrogen-bond donors (Lipinski definition) is 4. The van der Waals surface area contributed by atoms with E-state index in [1.165, 1.54) is 0 Å². The van der Waals surface area contributed by atoms with Crippen LogP contribution in [0.3, 0.4) is 0 Å². The SMILES string of the molecule is Cc1ccc(N(CCC(=O)NNC(=S)Nc2ccccc2)C(=S)Nc2ccccc2)cc1. The van der Waals surface area contributed by atoms with Crippen LogP contribution in [0.1, 0.15) is 12.0 Å². The molecule has 0 heterocycles. The van der Waals surface area contributed by atoms with Crippen molar-refractivity contribution >= 4 is 57.6 Å². The normalized spacial score (nSPS) is 10.0. The van der Waals surface area contributed by atoms with Gasteiger partial charge in [0, 0.05) is 30.0 Å². The van der Waals surface area contributed by atoms with Crippen LogP contribution in [-0.2, 0) is 4.79 Å². The van der Waals surface area contributed by atoms with E-state index < -0.39 is 0 Å². The van der Waals surface area contributed by atoms with Gasteiger partial charge in [0.05, 0.1) is 0 Å². The minimum atomic E-state index is -0.207. The Morgan fingerprint density at radius 1 is 0.781 bits per heavy atom. The summed E-state index contributed by atoms with van der Waals surface area (Å²) in [5.74, 6) is -0.207. The van der Waals surface area contributed by atoms with E-state index in [2.05, 4.69) is 21.5 Å². The number of nitrogens with one attached hydrogen (secondary N) is 4. The Morgan fingerprint density at radius 2 is 1.34 bits per heavy atom. The highest BCUT2D eigenvalue weighted by molar-refractivity contribution is 7.81. The van der Waals surface area contributed by atoms with Crippen LogP contribution in [-0.4, -0.2) is 22.7 Å². The van der Waals surface area contributed by atoms with Crippen molar-refractivity contribution in [3.63, 3.8) is 0 Å². The van der Waals surface area contributed by atoms with Crippen LogP contribution in [0.15, 0.2) is 84.9 Å². The fraction of sp³-hybridized carbons (Fsp3) is 0.125. The molecule has 0 aliphatic heterocycles. The first kappa shape index (κ1) is 23.2. The molecule has 3 aromatic carbocycles. The number of nitrogens with zero attached hydrogens (tertiary/aromatic N) is 1. The average molecular weight is 464 g/mol. The fourth-order valence-corrected chi connectivity index (χ4v) is 3.35. The maximum absolute atomic E-state index is 12.4. The first-order valence-electron chi connectivity index (χ1n) is 10.1. The molecule has 32 heavy (non-hydrogen) atoms. The summed E-state index contributed by atoms with van der Waals surface area (Å²) in [5, 5.41) is 7.06. The van der Waals surface area contributed by atoms with Gasteiger partial charge in [0.25, 0.3) is 0 Å². The van der Waals surface area contributed by atoms with Gasteiger partial charge in [0.1, 0.15) is 0 Å². The molecule has 0 atom stereocenters. The van der Waals surface area contributed by atoms with E-state index in [1.807, 2.05) is 96.8 Å². The van der Waals surface area contributed by atoms with E-state index in [4.69, 9.17) is 24.4 Å². The van der Waals surface area contributed by atoms with E-state index in [1.54, 1.807) is 0 Å². The van der Waals surface area contributed by atoms with Gasteiger partial charge in [0.2, 0.25) is 5.91 Å². The molecule has 3 aromatic rings. The van der Waals surface area contributed by atoms with Crippen LogP contribution < -0.4 is 26.4 Å². The summed E-state index contributed by atoms with van der Waals surface area (Å²) in [6.07, 6.45) is 0.214. The molecular formula is C24H25N5OS2. The molecule has 0 saturated carbocycles. The van der Waals surface area contributed by atoms with Crippen molar-refractivity contribution in [1.29, 1.82) is 0 Å².